The van der Waals surface area contributed by atoms with Crippen LogP contribution in [0.4, 0.5) is 4.39 Å². The highest BCUT2D eigenvalue weighted by Gasteiger charge is 2.25. The van der Waals surface area contributed by atoms with Crippen molar-refractivity contribution in [3.05, 3.63) is 34.1 Å². The minimum absolute atomic E-state index is 0.409. The fourth-order valence-electron chi connectivity index (χ4n) is 1.33. The highest BCUT2D eigenvalue weighted by molar-refractivity contribution is 9.10. The Bertz CT molecular complexity index is 395. The summed E-state index contributed by atoms with van der Waals surface area (Å²) in [5.41, 5.74) is 0.458. The molecular weight excluding hydrogens is 279 g/mol. The van der Waals surface area contributed by atoms with Crippen LogP contribution in [0.25, 0.3) is 0 Å². The molecule has 88 valence electrons. The lowest BCUT2D eigenvalue weighted by Crippen LogP contribution is -2.20. The minimum atomic E-state index is -1.03. The molecule has 3 nitrogen and oxygen atoms in total. The number of halogens is 2. The standard InChI is InChI=1S/C11H12BrFO3/c1-6(11(15)16-2)10(14)8-4-3-7(13)5-9(8)12/h3-6,10,14H,1-2H3. The van der Waals surface area contributed by atoms with Crippen LogP contribution in [0, 0.1) is 11.7 Å². The molecule has 1 rings (SSSR count). The molecule has 0 heterocycles. The van der Waals surface area contributed by atoms with E-state index in [-0.39, 0.29) is 0 Å². The van der Waals surface area contributed by atoms with Gasteiger partial charge in [0.2, 0.25) is 0 Å². The SMILES string of the molecule is COC(=O)C(C)C(O)c1ccc(F)cc1Br. The Balaban J connectivity index is 2.96. The molecule has 2 atom stereocenters. The third-order valence-electron chi connectivity index (χ3n) is 2.33. The molecule has 0 aliphatic rings. The van der Waals surface area contributed by atoms with Gasteiger partial charge in [-0.05, 0) is 24.6 Å². The molecule has 0 saturated carbocycles. The van der Waals surface area contributed by atoms with E-state index in [1.54, 1.807) is 6.92 Å². The highest BCUT2D eigenvalue weighted by atomic mass is 79.9. The third-order valence-corrected chi connectivity index (χ3v) is 3.01. The fraction of sp³-hybridized carbons (Fsp3) is 0.364. The number of carbonyl (C=O) groups excluding carboxylic acids is 1. The summed E-state index contributed by atoms with van der Waals surface area (Å²) < 4.78 is 17.8. The summed E-state index contributed by atoms with van der Waals surface area (Å²) in [6, 6.07) is 3.90. The molecular formula is C11H12BrFO3. The van der Waals surface area contributed by atoms with Gasteiger partial charge in [0.25, 0.3) is 0 Å². The normalized spacial score (nSPS) is 14.3. The Hall–Kier alpha value is -0.940. The van der Waals surface area contributed by atoms with E-state index < -0.39 is 23.8 Å². The molecule has 0 fully saturated rings. The largest absolute Gasteiger partial charge is 0.469 e. The van der Waals surface area contributed by atoms with E-state index in [2.05, 4.69) is 20.7 Å². The second-order valence-corrected chi connectivity index (χ2v) is 4.28. The lowest BCUT2D eigenvalue weighted by atomic mass is 9.97. The summed E-state index contributed by atoms with van der Waals surface area (Å²) in [5.74, 6) is -1.62. The summed E-state index contributed by atoms with van der Waals surface area (Å²) in [6.07, 6.45) is -1.03. The maximum atomic E-state index is 12.8. The first-order chi connectivity index (χ1) is 7.47. The maximum Gasteiger partial charge on any atom is 0.311 e. The Kier molecular flexibility index (Phi) is 4.44. The lowest BCUT2D eigenvalue weighted by Gasteiger charge is -2.18. The van der Waals surface area contributed by atoms with Gasteiger partial charge >= 0.3 is 5.97 Å². The Labute approximate surface area is 101 Å². The molecule has 0 spiro atoms. The summed E-state index contributed by atoms with van der Waals surface area (Å²) in [6.45, 7) is 1.55. The van der Waals surface area contributed by atoms with Crippen molar-refractivity contribution in [2.24, 2.45) is 5.92 Å². The molecule has 16 heavy (non-hydrogen) atoms. The van der Waals surface area contributed by atoms with E-state index in [0.717, 1.165) is 0 Å². The van der Waals surface area contributed by atoms with Gasteiger partial charge < -0.3 is 9.84 Å². The first kappa shape index (κ1) is 13.1. The summed E-state index contributed by atoms with van der Waals surface area (Å²) in [5, 5.41) is 9.91. The van der Waals surface area contributed by atoms with Crippen LogP contribution >= 0.6 is 15.9 Å². The highest BCUT2D eigenvalue weighted by Crippen LogP contribution is 2.29. The zero-order valence-corrected chi connectivity index (χ0v) is 10.5. The first-order valence-corrected chi connectivity index (χ1v) is 5.47. The monoisotopic (exact) mass is 290 g/mol. The molecule has 0 aliphatic heterocycles. The van der Waals surface area contributed by atoms with Gasteiger partial charge in [0.1, 0.15) is 5.82 Å². The number of methoxy groups -OCH3 is 1. The first-order valence-electron chi connectivity index (χ1n) is 4.68. The lowest BCUT2D eigenvalue weighted by molar-refractivity contribution is -0.148. The van der Waals surface area contributed by atoms with E-state index in [0.29, 0.717) is 10.0 Å². The van der Waals surface area contributed by atoms with Crippen LogP contribution in [0.5, 0.6) is 0 Å². The van der Waals surface area contributed by atoms with Crippen LogP contribution in [0.2, 0.25) is 0 Å². The minimum Gasteiger partial charge on any atom is -0.469 e. The topological polar surface area (TPSA) is 46.5 Å². The Morgan fingerprint density at radius 1 is 1.56 bits per heavy atom. The second kappa shape index (κ2) is 5.41. The number of benzene rings is 1. The summed E-state index contributed by atoms with van der Waals surface area (Å²) >= 11 is 3.13. The van der Waals surface area contributed by atoms with Gasteiger partial charge in [-0.15, -0.1) is 0 Å². The number of ether oxygens (including phenoxy) is 1. The molecule has 1 aromatic rings. The van der Waals surface area contributed by atoms with Crippen molar-refractivity contribution in [2.75, 3.05) is 7.11 Å². The van der Waals surface area contributed by atoms with Gasteiger partial charge in [-0.3, -0.25) is 4.79 Å². The third kappa shape index (κ3) is 2.80. The molecule has 0 saturated heterocycles. The fourth-order valence-corrected chi connectivity index (χ4v) is 1.91. The van der Waals surface area contributed by atoms with Crippen LogP contribution in [-0.4, -0.2) is 18.2 Å². The van der Waals surface area contributed by atoms with E-state index >= 15 is 0 Å². The molecule has 0 bridgehead atoms. The van der Waals surface area contributed by atoms with Gasteiger partial charge in [-0.2, -0.15) is 0 Å². The molecule has 1 N–H and O–H groups in total. The number of carbonyl (C=O) groups is 1. The van der Waals surface area contributed by atoms with Gasteiger partial charge in [0.15, 0.2) is 0 Å². The van der Waals surface area contributed by atoms with Gasteiger partial charge in [0, 0.05) is 4.47 Å². The zero-order chi connectivity index (χ0) is 12.3. The van der Waals surface area contributed by atoms with Crippen molar-refractivity contribution in [2.45, 2.75) is 13.0 Å². The van der Waals surface area contributed by atoms with E-state index in [4.69, 9.17) is 0 Å². The van der Waals surface area contributed by atoms with Crippen molar-refractivity contribution in [3.8, 4) is 0 Å². The number of aliphatic hydroxyl groups is 1. The van der Waals surface area contributed by atoms with Crippen LogP contribution in [0.3, 0.4) is 0 Å². The number of aliphatic hydroxyl groups excluding tert-OH is 1. The number of hydrogen-bond acceptors (Lipinski definition) is 3. The van der Waals surface area contributed by atoms with Crippen molar-refractivity contribution in [1.82, 2.24) is 0 Å². The molecule has 5 heteroatoms. The van der Waals surface area contributed by atoms with Gasteiger partial charge in [-0.1, -0.05) is 22.0 Å². The van der Waals surface area contributed by atoms with Crippen LogP contribution in [0.1, 0.15) is 18.6 Å². The zero-order valence-electron chi connectivity index (χ0n) is 8.91. The quantitative estimate of drug-likeness (QED) is 0.870. The van der Waals surface area contributed by atoms with Crippen molar-refractivity contribution in [3.63, 3.8) is 0 Å². The van der Waals surface area contributed by atoms with E-state index in [1.807, 2.05) is 0 Å². The van der Waals surface area contributed by atoms with E-state index in [9.17, 15) is 14.3 Å². The molecule has 0 aliphatic carbocycles. The van der Waals surface area contributed by atoms with E-state index in [1.165, 1.54) is 25.3 Å². The average molecular weight is 291 g/mol. The number of esters is 1. The molecule has 2 unspecified atom stereocenters. The summed E-state index contributed by atoms with van der Waals surface area (Å²) in [7, 11) is 1.26. The molecule has 0 amide bonds. The van der Waals surface area contributed by atoms with Gasteiger partial charge in [-0.25, -0.2) is 4.39 Å². The predicted molar refractivity (Wildman–Crippen MR) is 60.2 cm³/mol. The van der Waals surface area contributed by atoms with Crippen LogP contribution in [0.15, 0.2) is 22.7 Å². The van der Waals surface area contributed by atoms with Gasteiger partial charge in [0.05, 0.1) is 19.1 Å². The molecule has 1 aromatic carbocycles. The van der Waals surface area contributed by atoms with Crippen molar-refractivity contribution in [1.29, 1.82) is 0 Å². The number of rotatable bonds is 3. The molecule has 0 aromatic heterocycles. The molecule has 0 radical (unpaired) electrons. The predicted octanol–water partition coefficient (Wildman–Crippen LogP) is 2.43. The average Bonchev–Trinajstić information content (AvgIpc) is 2.26. The maximum absolute atomic E-state index is 12.8. The van der Waals surface area contributed by atoms with Crippen LogP contribution < -0.4 is 0 Å². The summed E-state index contributed by atoms with van der Waals surface area (Å²) in [4.78, 5) is 11.2. The van der Waals surface area contributed by atoms with Crippen LogP contribution in [-0.2, 0) is 9.53 Å². The smallest absolute Gasteiger partial charge is 0.311 e. The second-order valence-electron chi connectivity index (χ2n) is 3.42. The Morgan fingerprint density at radius 3 is 2.69 bits per heavy atom. The Morgan fingerprint density at radius 2 is 2.19 bits per heavy atom. The number of hydrogen-bond donors (Lipinski definition) is 1. The van der Waals surface area contributed by atoms with Crippen molar-refractivity contribution < 1.29 is 19.0 Å². The van der Waals surface area contributed by atoms with Crippen molar-refractivity contribution >= 4 is 21.9 Å².